The molecule has 0 spiro atoms. The maximum atomic E-state index is 12.0. The van der Waals surface area contributed by atoms with Gasteiger partial charge in [-0.1, -0.05) is 12.1 Å². The van der Waals surface area contributed by atoms with Crippen LogP contribution in [0.3, 0.4) is 0 Å². The minimum Gasteiger partial charge on any atom is -0.497 e. The van der Waals surface area contributed by atoms with Gasteiger partial charge in [0, 0.05) is 27.9 Å². The second kappa shape index (κ2) is 9.11. The zero-order valence-electron chi connectivity index (χ0n) is 13.1. The van der Waals surface area contributed by atoms with E-state index in [0.29, 0.717) is 24.4 Å². The molecule has 6 nitrogen and oxygen atoms in total. The van der Waals surface area contributed by atoms with Crippen molar-refractivity contribution in [3.8, 4) is 5.75 Å². The molecule has 0 fully saturated rings. The number of rotatable bonds is 6. The van der Waals surface area contributed by atoms with Gasteiger partial charge in [0.2, 0.25) is 0 Å². The van der Waals surface area contributed by atoms with Gasteiger partial charge in [0.05, 0.1) is 7.11 Å². The van der Waals surface area contributed by atoms with E-state index in [0.717, 1.165) is 9.26 Å². The van der Waals surface area contributed by atoms with Crippen LogP contribution in [0.5, 0.6) is 5.75 Å². The third kappa shape index (κ3) is 5.73. The number of amides is 3. The second-order valence-corrected chi connectivity index (χ2v) is 6.12. The number of carbonyl (C=O) groups is 2. The van der Waals surface area contributed by atoms with Crippen LogP contribution in [0.2, 0.25) is 0 Å². The Bertz CT molecular complexity index is 722. The summed E-state index contributed by atoms with van der Waals surface area (Å²) < 4.78 is 6.12. The van der Waals surface area contributed by atoms with Gasteiger partial charge in [-0.3, -0.25) is 4.79 Å². The Labute approximate surface area is 154 Å². The van der Waals surface area contributed by atoms with Crippen molar-refractivity contribution < 1.29 is 14.3 Å². The first kappa shape index (κ1) is 18.1. The molecule has 126 valence electrons. The smallest absolute Gasteiger partial charge is 0.319 e. The molecule has 0 atom stereocenters. The van der Waals surface area contributed by atoms with E-state index in [-0.39, 0.29) is 11.9 Å². The molecule has 0 unspecified atom stereocenters. The number of halogens is 1. The van der Waals surface area contributed by atoms with Crippen molar-refractivity contribution in [3.05, 3.63) is 57.7 Å². The molecule has 0 heterocycles. The normalized spacial score (nSPS) is 9.92. The summed E-state index contributed by atoms with van der Waals surface area (Å²) in [7, 11) is 1.55. The van der Waals surface area contributed by atoms with Crippen molar-refractivity contribution in [2.24, 2.45) is 0 Å². The Morgan fingerprint density at radius 1 is 1.04 bits per heavy atom. The number of hydrogen-bond acceptors (Lipinski definition) is 3. The summed E-state index contributed by atoms with van der Waals surface area (Å²) in [6.45, 7) is 0.654. The van der Waals surface area contributed by atoms with Crippen LogP contribution in [0.1, 0.15) is 10.4 Å². The number of hydrogen-bond donors (Lipinski definition) is 3. The predicted molar refractivity (Wildman–Crippen MR) is 102 cm³/mol. The molecule has 7 heteroatoms. The zero-order valence-corrected chi connectivity index (χ0v) is 15.3. The van der Waals surface area contributed by atoms with E-state index in [1.54, 1.807) is 31.4 Å². The van der Waals surface area contributed by atoms with Crippen molar-refractivity contribution in [2.75, 3.05) is 25.5 Å². The number of benzene rings is 2. The Balaban J connectivity index is 1.72. The molecular formula is C17H18IN3O3. The van der Waals surface area contributed by atoms with E-state index in [2.05, 4.69) is 38.5 Å². The first-order chi connectivity index (χ1) is 11.6. The topological polar surface area (TPSA) is 79.5 Å². The highest BCUT2D eigenvalue weighted by Crippen LogP contribution is 2.12. The molecule has 2 aromatic rings. The van der Waals surface area contributed by atoms with E-state index >= 15 is 0 Å². The van der Waals surface area contributed by atoms with Gasteiger partial charge in [0.15, 0.2) is 0 Å². The lowest BCUT2D eigenvalue weighted by molar-refractivity contribution is 0.0953. The molecule has 0 aliphatic rings. The lowest BCUT2D eigenvalue weighted by atomic mass is 10.2. The molecule has 0 saturated carbocycles. The molecule has 3 N–H and O–H groups in total. The molecule has 0 aliphatic carbocycles. The second-order valence-electron chi connectivity index (χ2n) is 4.88. The third-order valence-electron chi connectivity index (χ3n) is 3.11. The lowest BCUT2D eigenvalue weighted by Crippen LogP contribution is -2.36. The summed E-state index contributed by atoms with van der Waals surface area (Å²) >= 11 is 2.18. The fourth-order valence-corrected chi connectivity index (χ4v) is 2.50. The van der Waals surface area contributed by atoms with Crippen LogP contribution in [0.15, 0.2) is 48.5 Å². The third-order valence-corrected chi connectivity index (χ3v) is 3.78. The molecule has 0 saturated heterocycles. The fourth-order valence-electron chi connectivity index (χ4n) is 1.96. The van der Waals surface area contributed by atoms with Gasteiger partial charge >= 0.3 is 6.03 Å². The standard InChI is InChI=1S/C17H18IN3O3/c1-24-15-7-2-4-12(10-15)16(22)19-8-9-20-17(23)21-14-6-3-5-13(18)11-14/h2-7,10-11H,8-9H2,1H3,(H,19,22)(H2,20,21,23). The molecule has 3 amide bonds. The Kier molecular flexibility index (Phi) is 6.86. The molecule has 0 bridgehead atoms. The van der Waals surface area contributed by atoms with Gasteiger partial charge in [0.25, 0.3) is 5.91 Å². The highest BCUT2D eigenvalue weighted by atomic mass is 127. The summed E-state index contributed by atoms with van der Waals surface area (Å²) in [5, 5.41) is 8.16. The summed E-state index contributed by atoms with van der Waals surface area (Å²) in [5.41, 5.74) is 1.23. The van der Waals surface area contributed by atoms with Crippen LogP contribution in [0, 0.1) is 3.57 Å². The van der Waals surface area contributed by atoms with Crippen molar-refractivity contribution in [2.45, 2.75) is 0 Å². The van der Waals surface area contributed by atoms with Gasteiger partial charge in [-0.05, 0) is 59.0 Å². The van der Waals surface area contributed by atoms with Crippen LogP contribution in [-0.2, 0) is 0 Å². The van der Waals surface area contributed by atoms with E-state index in [1.807, 2.05) is 24.3 Å². The maximum absolute atomic E-state index is 12.0. The van der Waals surface area contributed by atoms with Crippen LogP contribution in [0.4, 0.5) is 10.5 Å². The van der Waals surface area contributed by atoms with Crippen molar-refractivity contribution in [1.82, 2.24) is 10.6 Å². The number of carbonyl (C=O) groups excluding carboxylic acids is 2. The Morgan fingerprint density at radius 3 is 2.54 bits per heavy atom. The van der Waals surface area contributed by atoms with E-state index in [1.165, 1.54) is 0 Å². The van der Waals surface area contributed by atoms with E-state index in [4.69, 9.17) is 4.74 Å². The van der Waals surface area contributed by atoms with Crippen LogP contribution < -0.4 is 20.7 Å². The molecule has 0 aliphatic heterocycles. The average Bonchev–Trinajstić information content (AvgIpc) is 2.58. The number of ether oxygens (including phenoxy) is 1. The van der Waals surface area contributed by atoms with Crippen LogP contribution in [0.25, 0.3) is 0 Å². The molecule has 24 heavy (non-hydrogen) atoms. The molecule has 0 radical (unpaired) electrons. The highest BCUT2D eigenvalue weighted by molar-refractivity contribution is 14.1. The largest absolute Gasteiger partial charge is 0.497 e. The van der Waals surface area contributed by atoms with Gasteiger partial charge in [0.1, 0.15) is 5.75 Å². The lowest BCUT2D eigenvalue weighted by Gasteiger charge is -2.09. The SMILES string of the molecule is COc1cccc(C(=O)NCCNC(=O)Nc2cccc(I)c2)c1. The van der Waals surface area contributed by atoms with Crippen LogP contribution >= 0.6 is 22.6 Å². The van der Waals surface area contributed by atoms with Gasteiger partial charge in [-0.2, -0.15) is 0 Å². The summed E-state index contributed by atoms with van der Waals surface area (Å²) in [5.74, 6) is 0.409. The molecule has 2 aromatic carbocycles. The quantitative estimate of drug-likeness (QED) is 0.479. The minimum atomic E-state index is -0.312. The maximum Gasteiger partial charge on any atom is 0.319 e. The van der Waals surface area contributed by atoms with Gasteiger partial charge in [-0.25, -0.2) is 4.79 Å². The number of methoxy groups -OCH3 is 1. The first-order valence-electron chi connectivity index (χ1n) is 7.31. The predicted octanol–water partition coefficient (Wildman–Crippen LogP) is 2.85. The summed E-state index contributed by atoms with van der Waals surface area (Å²) in [4.78, 5) is 23.8. The van der Waals surface area contributed by atoms with Gasteiger partial charge in [-0.15, -0.1) is 0 Å². The van der Waals surface area contributed by atoms with E-state index < -0.39 is 0 Å². The zero-order chi connectivity index (χ0) is 17.4. The van der Waals surface area contributed by atoms with Crippen molar-refractivity contribution in [3.63, 3.8) is 0 Å². The number of anilines is 1. The minimum absolute atomic E-state index is 0.214. The van der Waals surface area contributed by atoms with E-state index in [9.17, 15) is 9.59 Å². The Morgan fingerprint density at radius 2 is 1.79 bits per heavy atom. The first-order valence-corrected chi connectivity index (χ1v) is 8.39. The summed E-state index contributed by atoms with van der Waals surface area (Å²) in [6.07, 6.45) is 0. The average molecular weight is 439 g/mol. The Hall–Kier alpha value is -2.29. The fraction of sp³-hybridized carbons (Fsp3) is 0.176. The summed E-state index contributed by atoms with van der Waals surface area (Å²) in [6, 6.07) is 14.1. The van der Waals surface area contributed by atoms with Crippen LogP contribution in [-0.4, -0.2) is 32.1 Å². The van der Waals surface area contributed by atoms with Crippen molar-refractivity contribution >= 4 is 40.2 Å². The number of urea groups is 1. The monoisotopic (exact) mass is 439 g/mol. The molecular weight excluding hydrogens is 421 g/mol. The highest BCUT2D eigenvalue weighted by Gasteiger charge is 2.06. The van der Waals surface area contributed by atoms with Crippen molar-refractivity contribution in [1.29, 1.82) is 0 Å². The van der Waals surface area contributed by atoms with Gasteiger partial charge < -0.3 is 20.7 Å². The number of nitrogens with one attached hydrogen (secondary N) is 3. The molecule has 0 aromatic heterocycles. The molecule has 2 rings (SSSR count).